The Hall–Kier alpha value is -2.38. The summed E-state index contributed by atoms with van der Waals surface area (Å²) < 4.78 is 39.1. The van der Waals surface area contributed by atoms with E-state index in [9.17, 15) is 18.0 Å². The standard InChI is InChI=1S/C15H15F3N4O/c1-10-12(14(23)21-6-2-3-7-21)9-20-22(10)13-5-4-11(8-19-13)15(16,17)18/h4-5,8-9H,2-3,6-7H2,1H3. The monoisotopic (exact) mass is 324 g/mol. The maximum atomic E-state index is 12.6. The third kappa shape index (κ3) is 2.93. The molecule has 0 atom stereocenters. The van der Waals surface area contributed by atoms with Gasteiger partial charge in [0.25, 0.3) is 5.91 Å². The van der Waals surface area contributed by atoms with Crippen molar-refractivity contribution < 1.29 is 18.0 Å². The molecule has 122 valence electrons. The first-order valence-corrected chi connectivity index (χ1v) is 7.25. The van der Waals surface area contributed by atoms with Crippen LogP contribution in [0.5, 0.6) is 0 Å². The molecule has 1 aliphatic rings. The number of nitrogens with zero attached hydrogens (tertiary/aromatic N) is 4. The number of carbonyl (C=O) groups excluding carboxylic acids is 1. The number of hydrogen-bond donors (Lipinski definition) is 0. The van der Waals surface area contributed by atoms with Crippen LogP contribution in [0.3, 0.4) is 0 Å². The number of halogens is 3. The number of rotatable bonds is 2. The lowest BCUT2D eigenvalue weighted by molar-refractivity contribution is -0.137. The van der Waals surface area contributed by atoms with Crippen LogP contribution in [0.4, 0.5) is 13.2 Å². The lowest BCUT2D eigenvalue weighted by Crippen LogP contribution is -2.28. The van der Waals surface area contributed by atoms with Crippen LogP contribution in [0.15, 0.2) is 24.5 Å². The van der Waals surface area contributed by atoms with Gasteiger partial charge in [-0.15, -0.1) is 0 Å². The Labute approximate surface area is 130 Å². The summed E-state index contributed by atoms with van der Waals surface area (Å²) in [5.41, 5.74) is 0.196. The maximum absolute atomic E-state index is 12.6. The second-order valence-corrected chi connectivity index (χ2v) is 5.46. The van der Waals surface area contributed by atoms with Crippen molar-refractivity contribution in [3.63, 3.8) is 0 Å². The maximum Gasteiger partial charge on any atom is 0.417 e. The van der Waals surface area contributed by atoms with Crippen LogP contribution in [-0.4, -0.2) is 38.7 Å². The minimum absolute atomic E-state index is 0.0989. The van der Waals surface area contributed by atoms with Crippen LogP contribution < -0.4 is 0 Å². The first-order valence-electron chi connectivity index (χ1n) is 7.25. The molecule has 0 aliphatic carbocycles. The van der Waals surface area contributed by atoms with Gasteiger partial charge in [-0.05, 0) is 31.9 Å². The highest BCUT2D eigenvalue weighted by Gasteiger charge is 2.31. The van der Waals surface area contributed by atoms with Crippen LogP contribution in [0.1, 0.15) is 34.5 Å². The molecule has 1 fully saturated rings. The first-order chi connectivity index (χ1) is 10.9. The highest BCUT2D eigenvalue weighted by atomic mass is 19.4. The molecule has 8 heteroatoms. The van der Waals surface area contributed by atoms with Crippen molar-refractivity contribution in [3.05, 3.63) is 41.3 Å². The van der Waals surface area contributed by atoms with Crippen LogP contribution in [-0.2, 0) is 6.18 Å². The van der Waals surface area contributed by atoms with Gasteiger partial charge in [0.2, 0.25) is 0 Å². The highest BCUT2D eigenvalue weighted by Crippen LogP contribution is 2.29. The Morgan fingerprint density at radius 2 is 1.87 bits per heavy atom. The van der Waals surface area contributed by atoms with Crippen molar-refractivity contribution in [1.82, 2.24) is 19.7 Å². The predicted octanol–water partition coefficient (Wildman–Crippen LogP) is 2.83. The van der Waals surface area contributed by atoms with Gasteiger partial charge in [-0.2, -0.15) is 18.3 Å². The summed E-state index contributed by atoms with van der Waals surface area (Å²) in [6, 6.07) is 2.19. The van der Waals surface area contributed by atoms with E-state index in [0.717, 1.165) is 38.2 Å². The lowest BCUT2D eigenvalue weighted by Gasteiger charge is -2.14. The number of likely N-dealkylation sites (tertiary alicyclic amines) is 1. The van der Waals surface area contributed by atoms with Gasteiger partial charge < -0.3 is 4.90 Å². The van der Waals surface area contributed by atoms with Crippen LogP contribution in [0, 0.1) is 6.92 Å². The molecule has 3 heterocycles. The average Bonchev–Trinajstić information content (AvgIpc) is 3.15. The fourth-order valence-corrected chi connectivity index (χ4v) is 2.62. The third-order valence-electron chi connectivity index (χ3n) is 3.93. The Kier molecular flexibility index (Phi) is 3.83. The van der Waals surface area contributed by atoms with Crippen molar-refractivity contribution in [2.75, 3.05) is 13.1 Å². The molecular formula is C15H15F3N4O. The second-order valence-electron chi connectivity index (χ2n) is 5.46. The largest absolute Gasteiger partial charge is 0.417 e. The van der Waals surface area contributed by atoms with Crippen molar-refractivity contribution in [1.29, 1.82) is 0 Å². The van der Waals surface area contributed by atoms with Gasteiger partial charge in [0.05, 0.1) is 23.0 Å². The molecule has 1 saturated heterocycles. The molecule has 23 heavy (non-hydrogen) atoms. The SMILES string of the molecule is Cc1c(C(=O)N2CCCC2)cnn1-c1ccc(C(F)(F)F)cn1. The second kappa shape index (κ2) is 5.68. The lowest BCUT2D eigenvalue weighted by atomic mass is 10.2. The Balaban J connectivity index is 1.88. The van der Waals surface area contributed by atoms with Crippen molar-refractivity contribution in [2.45, 2.75) is 25.9 Å². The molecule has 2 aromatic heterocycles. The molecule has 0 radical (unpaired) electrons. The van der Waals surface area contributed by atoms with E-state index in [4.69, 9.17) is 0 Å². The molecule has 0 unspecified atom stereocenters. The van der Waals surface area contributed by atoms with Crippen LogP contribution in [0.2, 0.25) is 0 Å². The van der Waals surface area contributed by atoms with Gasteiger partial charge in [-0.25, -0.2) is 9.67 Å². The van der Waals surface area contributed by atoms with E-state index in [2.05, 4.69) is 10.1 Å². The van der Waals surface area contributed by atoms with E-state index in [1.807, 2.05) is 0 Å². The highest BCUT2D eigenvalue weighted by molar-refractivity contribution is 5.95. The van der Waals surface area contributed by atoms with E-state index >= 15 is 0 Å². The van der Waals surface area contributed by atoms with E-state index in [1.54, 1.807) is 11.8 Å². The number of hydrogen-bond acceptors (Lipinski definition) is 3. The Morgan fingerprint density at radius 3 is 2.43 bits per heavy atom. The summed E-state index contributed by atoms with van der Waals surface area (Å²) in [7, 11) is 0. The number of alkyl halides is 3. The summed E-state index contributed by atoms with van der Waals surface area (Å²) >= 11 is 0. The molecule has 3 rings (SSSR count). The molecule has 0 aromatic carbocycles. The number of amides is 1. The zero-order valence-electron chi connectivity index (χ0n) is 12.5. The summed E-state index contributed by atoms with van der Waals surface area (Å²) in [4.78, 5) is 18.0. The van der Waals surface area contributed by atoms with Gasteiger partial charge >= 0.3 is 6.18 Å². The fourth-order valence-electron chi connectivity index (χ4n) is 2.62. The molecule has 1 aliphatic heterocycles. The van der Waals surface area contributed by atoms with Crippen molar-refractivity contribution in [2.24, 2.45) is 0 Å². The van der Waals surface area contributed by atoms with Crippen LogP contribution in [0.25, 0.3) is 5.82 Å². The zero-order chi connectivity index (χ0) is 16.6. The Morgan fingerprint density at radius 1 is 1.17 bits per heavy atom. The third-order valence-corrected chi connectivity index (χ3v) is 3.93. The minimum Gasteiger partial charge on any atom is -0.339 e. The van der Waals surface area contributed by atoms with Gasteiger partial charge in [0.1, 0.15) is 0 Å². The normalized spacial score (nSPS) is 15.2. The Bertz CT molecular complexity index is 715. The number of pyridine rings is 1. The van der Waals surface area contributed by atoms with Crippen molar-refractivity contribution in [3.8, 4) is 5.82 Å². The molecule has 0 bridgehead atoms. The number of aromatic nitrogens is 3. The summed E-state index contributed by atoms with van der Waals surface area (Å²) in [5.74, 6) is 0.147. The summed E-state index contributed by atoms with van der Waals surface area (Å²) in [6.07, 6.45) is -0.256. The molecule has 0 spiro atoms. The smallest absolute Gasteiger partial charge is 0.339 e. The van der Waals surface area contributed by atoms with E-state index in [1.165, 1.54) is 16.9 Å². The summed E-state index contributed by atoms with van der Waals surface area (Å²) in [5, 5.41) is 4.10. The van der Waals surface area contributed by atoms with Crippen molar-refractivity contribution >= 4 is 5.91 Å². The predicted molar refractivity (Wildman–Crippen MR) is 76.2 cm³/mol. The molecule has 0 N–H and O–H groups in total. The van der Waals surface area contributed by atoms with Gasteiger partial charge in [-0.1, -0.05) is 0 Å². The van der Waals surface area contributed by atoms with E-state index < -0.39 is 11.7 Å². The van der Waals surface area contributed by atoms with Gasteiger partial charge in [0, 0.05) is 19.3 Å². The zero-order valence-corrected chi connectivity index (χ0v) is 12.5. The molecule has 1 amide bonds. The average molecular weight is 324 g/mol. The molecular weight excluding hydrogens is 309 g/mol. The molecule has 2 aromatic rings. The van der Waals surface area contributed by atoms with E-state index in [-0.39, 0.29) is 11.7 Å². The summed E-state index contributed by atoms with van der Waals surface area (Å²) in [6.45, 7) is 3.15. The topological polar surface area (TPSA) is 51.0 Å². The first kappa shape index (κ1) is 15.5. The minimum atomic E-state index is -4.43. The number of carbonyl (C=O) groups is 1. The fraction of sp³-hybridized carbons (Fsp3) is 0.400. The van der Waals surface area contributed by atoms with Gasteiger partial charge in [-0.3, -0.25) is 4.79 Å². The van der Waals surface area contributed by atoms with Crippen LogP contribution >= 0.6 is 0 Å². The molecule has 0 saturated carbocycles. The quantitative estimate of drug-likeness (QED) is 0.853. The van der Waals surface area contributed by atoms with E-state index in [0.29, 0.717) is 11.3 Å². The molecule has 5 nitrogen and oxygen atoms in total. The van der Waals surface area contributed by atoms with Gasteiger partial charge in [0.15, 0.2) is 5.82 Å².